The van der Waals surface area contributed by atoms with E-state index in [2.05, 4.69) is 7.85 Å². The molecule has 92 valence electrons. The molecule has 0 radical (unpaired) electrons. The molecular formula is C15H17BO2. The lowest BCUT2D eigenvalue weighted by molar-refractivity contribution is 0.241. The van der Waals surface area contributed by atoms with Crippen molar-refractivity contribution in [3.8, 4) is 17.2 Å². The van der Waals surface area contributed by atoms with E-state index in [1.165, 1.54) is 5.46 Å². The predicted octanol–water partition coefficient (Wildman–Crippen LogP) is 2.52. The van der Waals surface area contributed by atoms with Crippen LogP contribution < -0.4 is 14.9 Å². The van der Waals surface area contributed by atoms with E-state index in [0.29, 0.717) is 0 Å². The molecule has 0 saturated heterocycles. The molecule has 0 heterocycles. The Balaban J connectivity index is 2.11. The summed E-state index contributed by atoms with van der Waals surface area (Å²) in [6.45, 7) is 4.01. The average molecular weight is 240 g/mol. The van der Waals surface area contributed by atoms with Crippen LogP contribution in [-0.2, 0) is 0 Å². The first kappa shape index (κ1) is 12.6. The second-order valence-corrected chi connectivity index (χ2v) is 4.56. The molecule has 2 rings (SSSR count). The van der Waals surface area contributed by atoms with Gasteiger partial charge in [0.2, 0.25) is 0 Å². The van der Waals surface area contributed by atoms with Crippen LogP contribution >= 0.6 is 0 Å². The van der Waals surface area contributed by atoms with Crippen molar-refractivity contribution in [1.29, 1.82) is 0 Å². The molecule has 18 heavy (non-hydrogen) atoms. The molecule has 0 aliphatic carbocycles. The Morgan fingerprint density at radius 1 is 0.889 bits per heavy atom. The topological polar surface area (TPSA) is 18.5 Å². The number of rotatable bonds is 4. The fraction of sp³-hybridized carbons (Fsp3) is 0.200. The molecule has 3 heteroatoms. The third-order valence-electron chi connectivity index (χ3n) is 2.43. The van der Waals surface area contributed by atoms with Crippen molar-refractivity contribution < 1.29 is 9.47 Å². The minimum absolute atomic E-state index is 0.166. The Bertz CT molecular complexity index is 506. The first-order valence-corrected chi connectivity index (χ1v) is 6.15. The number of hydrogen-bond acceptors (Lipinski definition) is 2. The molecule has 0 amide bonds. The lowest BCUT2D eigenvalue weighted by Gasteiger charge is -2.11. The van der Waals surface area contributed by atoms with E-state index in [-0.39, 0.29) is 6.10 Å². The fourth-order valence-corrected chi connectivity index (χ4v) is 1.63. The Morgan fingerprint density at radius 3 is 2.22 bits per heavy atom. The summed E-state index contributed by atoms with van der Waals surface area (Å²) in [4.78, 5) is 0. The average Bonchev–Trinajstić information content (AvgIpc) is 2.32. The summed E-state index contributed by atoms with van der Waals surface area (Å²) in [5, 5.41) is 0. The monoisotopic (exact) mass is 240 g/mol. The molecule has 0 aromatic heterocycles. The van der Waals surface area contributed by atoms with Gasteiger partial charge >= 0.3 is 0 Å². The zero-order valence-electron chi connectivity index (χ0n) is 11.0. The molecule has 0 atom stereocenters. The van der Waals surface area contributed by atoms with Crippen molar-refractivity contribution in [3.63, 3.8) is 0 Å². The first-order chi connectivity index (χ1) is 8.63. The lowest BCUT2D eigenvalue weighted by atomic mass is 9.97. The van der Waals surface area contributed by atoms with E-state index in [4.69, 9.17) is 9.47 Å². The number of benzene rings is 2. The van der Waals surface area contributed by atoms with Gasteiger partial charge in [0, 0.05) is 6.07 Å². The van der Waals surface area contributed by atoms with Gasteiger partial charge in [0.1, 0.15) is 25.1 Å². The summed E-state index contributed by atoms with van der Waals surface area (Å²) < 4.78 is 11.4. The van der Waals surface area contributed by atoms with Gasteiger partial charge in [-0.05, 0) is 38.1 Å². The Labute approximate surface area is 109 Å². The molecule has 2 aromatic carbocycles. The summed E-state index contributed by atoms with van der Waals surface area (Å²) in [5.41, 5.74) is 1.22. The minimum Gasteiger partial charge on any atom is -0.491 e. The SMILES string of the molecule is Bc1ccc(Oc2cccc(OC(C)C)c2)cc1. The van der Waals surface area contributed by atoms with E-state index in [9.17, 15) is 0 Å². The van der Waals surface area contributed by atoms with E-state index >= 15 is 0 Å². The van der Waals surface area contributed by atoms with Crippen LogP contribution in [0.15, 0.2) is 48.5 Å². The minimum atomic E-state index is 0.166. The van der Waals surface area contributed by atoms with Crippen molar-refractivity contribution in [3.05, 3.63) is 48.5 Å². The van der Waals surface area contributed by atoms with E-state index in [0.717, 1.165) is 17.2 Å². The van der Waals surface area contributed by atoms with E-state index < -0.39 is 0 Å². The standard InChI is InChI=1S/C15H17BO2/c1-11(2)17-14-4-3-5-15(10-14)18-13-8-6-12(16)7-9-13/h3-11H,16H2,1-2H3. The highest BCUT2D eigenvalue weighted by atomic mass is 16.5. The van der Waals surface area contributed by atoms with Crippen molar-refractivity contribution in [2.24, 2.45) is 0 Å². The van der Waals surface area contributed by atoms with Gasteiger partial charge in [-0.15, -0.1) is 0 Å². The molecule has 0 spiro atoms. The molecular weight excluding hydrogens is 223 g/mol. The van der Waals surface area contributed by atoms with Crippen LogP contribution in [0.25, 0.3) is 0 Å². The zero-order chi connectivity index (χ0) is 13.0. The molecule has 2 nitrogen and oxygen atoms in total. The van der Waals surface area contributed by atoms with Crippen LogP contribution in [0.2, 0.25) is 0 Å². The van der Waals surface area contributed by atoms with Crippen LogP contribution in [-0.4, -0.2) is 14.0 Å². The summed E-state index contributed by atoms with van der Waals surface area (Å²) in [6.07, 6.45) is 0.166. The maximum atomic E-state index is 5.78. The van der Waals surface area contributed by atoms with Gasteiger partial charge in [-0.2, -0.15) is 0 Å². The van der Waals surface area contributed by atoms with Gasteiger partial charge in [-0.1, -0.05) is 23.7 Å². The fourth-order valence-electron chi connectivity index (χ4n) is 1.63. The van der Waals surface area contributed by atoms with Crippen molar-refractivity contribution in [2.45, 2.75) is 20.0 Å². The van der Waals surface area contributed by atoms with Crippen LogP contribution in [0, 0.1) is 0 Å². The zero-order valence-corrected chi connectivity index (χ0v) is 11.0. The summed E-state index contributed by atoms with van der Waals surface area (Å²) in [5.74, 6) is 2.45. The van der Waals surface area contributed by atoms with Crippen LogP contribution in [0.3, 0.4) is 0 Å². The third kappa shape index (κ3) is 3.55. The normalized spacial score (nSPS) is 10.4. The number of ether oxygens (including phenoxy) is 2. The van der Waals surface area contributed by atoms with Crippen LogP contribution in [0.4, 0.5) is 0 Å². The Morgan fingerprint density at radius 2 is 1.56 bits per heavy atom. The van der Waals surface area contributed by atoms with Crippen molar-refractivity contribution >= 4 is 13.3 Å². The van der Waals surface area contributed by atoms with Gasteiger partial charge in [0.05, 0.1) is 6.10 Å². The van der Waals surface area contributed by atoms with Gasteiger partial charge in [-0.25, -0.2) is 0 Å². The molecule has 0 bridgehead atoms. The molecule has 0 N–H and O–H groups in total. The van der Waals surface area contributed by atoms with Crippen LogP contribution in [0.5, 0.6) is 17.2 Å². The maximum absolute atomic E-state index is 5.78. The van der Waals surface area contributed by atoms with Crippen LogP contribution in [0.1, 0.15) is 13.8 Å². The first-order valence-electron chi connectivity index (χ1n) is 6.15. The Hall–Kier alpha value is -1.90. The van der Waals surface area contributed by atoms with Gasteiger partial charge in [0.25, 0.3) is 0 Å². The molecule has 0 unspecified atom stereocenters. The highest BCUT2D eigenvalue weighted by Gasteiger charge is 2.01. The highest BCUT2D eigenvalue weighted by molar-refractivity contribution is 6.32. The molecule has 0 fully saturated rings. The highest BCUT2D eigenvalue weighted by Crippen LogP contribution is 2.25. The lowest BCUT2D eigenvalue weighted by Crippen LogP contribution is -2.05. The second kappa shape index (κ2) is 5.63. The largest absolute Gasteiger partial charge is 0.491 e. The van der Waals surface area contributed by atoms with Crippen molar-refractivity contribution in [2.75, 3.05) is 0 Å². The van der Waals surface area contributed by atoms with E-state index in [1.807, 2.05) is 62.4 Å². The molecule has 0 aliphatic heterocycles. The van der Waals surface area contributed by atoms with E-state index in [1.54, 1.807) is 0 Å². The molecule has 2 aromatic rings. The molecule has 0 saturated carbocycles. The number of hydrogen-bond donors (Lipinski definition) is 0. The smallest absolute Gasteiger partial charge is 0.139 e. The molecule has 0 aliphatic rings. The summed E-state index contributed by atoms with van der Waals surface area (Å²) in [6, 6.07) is 15.7. The maximum Gasteiger partial charge on any atom is 0.139 e. The Kier molecular flexibility index (Phi) is 3.93. The van der Waals surface area contributed by atoms with Gasteiger partial charge in [-0.3, -0.25) is 0 Å². The summed E-state index contributed by atoms with van der Waals surface area (Å²) >= 11 is 0. The predicted molar refractivity (Wildman–Crippen MR) is 76.9 cm³/mol. The van der Waals surface area contributed by atoms with Crippen molar-refractivity contribution in [1.82, 2.24) is 0 Å². The second-order valence-electron chi connectivity index (χ2n) is 4.56. The van der Waals surface area contributed by atoms with Gasteiger partial charge in [0.15, 0.2) is 0 Å². The summed E-state index contributed by atoms with van der Waals surface area (Å²) in [7, 11) is 2.06. The third-order valence-corrected chi connectivity index (χ3v) is 2.43. The van der Waals surface area contributed by atoms with Gasteiger partial charge < -0.3 is 9.47 Å². The quantitative estimate of drug-likeness (QED) is 0.764.